The third-order valence-corrected chi connectivity index (χ3v) is 8.94. The van der Waals surface area contributed by atoms with E-state index in [2.05, 4.69) is 26.8 Å². The number of nitrogens with zero attached hydrogens (tertiary/aromatic N) is 6. The van der Waals surface area contributed by atoms with Gasteiger partial charge in [-0.15, -0.1) is 0 Å². The first kappa shape index (κ1) is 25.6. The molecule has 1 aromatic carbocycles. The van der Waals surface area contributed by atoms with Crippen molar-refractivity contribution in [3.05, 3.63) is 59.1 Å². The van der Waals surface area contributed by atoms with E-state index in [1.54, 1.807) is 17.8 Å². The van der Waals surface area contributed by atoms with E-state index in [4.69, 9.17) is 22.3 Å². The van der Waals surface area contributed by atoms with Gasteiger partial charge in [0, 0.05) is 62.8 Å². The molecule has 2 fully saturated rings. The summed E-state index contributed by atoms with van der Waals surface area (Å²) < 4.78 is 1.72. The van der Waals surface area contributed by atoms with Gasteiger partial charge in [-0.1, -0.05) is 35.3 Å². The molecule has 4 heterocycles. The number of hydrogen-bond acceptors (Lipinski definition) is 7. The van der Waals surface area contributed by atoms with E-state index >= 15 is 0 Å². The fourth-order valence-electron chi connectivity index (χ4n) is 5.09. The molecule has 192 valence electrons. The number of aromatic nitrogens is 4. The summed E-state index contributed by atoms with van der Waals surface area (Å²) in [7, 11) is 1.86. The molecule has 0 radical (unpaired) electrons. The van der Waals surface area contributed by atoms with Crippen LogP contribution in [0.2, 0.25) is 5.02 Å². The Morgan fingerprint density at radius 3 is 2.57 bits per heavy atom. The smallest absolute Gasteiger partial charge is 0.219 e. The maximum absolute atomic E-state index is 11.7. The summed E-state index contributed by atoms with van der Waals surface area (Å²) in [6.45, 7) is 4.85. The minimum Gasteiger partial charge on any atom is -0.355 e. The van der Waals surface area contributed by atoms with E-state index in [1.807, 2.05) is 48.6 Å². The lowest BCUT2D eigenvalue weighted by atomic mass is 9.68. The van der Waals surface area contributed by atoms with E-state index in [0.29, 0.717) is 17.3 Å². The van der Waals surface area contributed by atoms with E-state index in [0.717, 1.165) is 60.2 Å². The van der Waals surface area contributed by atoms with Gasteiger partial charge < -0.3 is 15.5 Å². The van der Waals surface area contributed by atoms with Gasteiger partial charge in [-0.3, -0.25) is 9.48 Å². The zero-order chi connectivity index (χ0) is 26.0. The van der Waals surface area contributed by atoms with Crippen LogP contribution in [-0.4, -0.2) is 62.8 Å². The highest BCUT2D eigenvalue weighted by Crippen LogP contribution is 2.41. The number of carbonyl (C=O) groups excluding carboxylic acids is 1. The second kappa shape index (κ2) is 10.7. The molecule has 1 atom stereocenters. The summed E-state index contributed by atoms with van der Waals surface area (Å²) in [4.78, 5) is 26.1. The number of amides is 1. The molecule has 1 unspecified atom stereocenters. The standard InChI is InChI=1S/C27H30ClN7OS/c1-19(36)35-15-11-27(23(29)18-35)9-13-34(14-10-27)24-16-31-25(17-30-24)37-22-5-3-4-20(26(22)28)6-7-21-8-12-33(2)32-21/h3-5,8,12,16-17,23H,9-11,13-15,18,29H2,1-2H3. The van der Waals surface area contributed by atoms with Crippen molar-refractivity contribution in [3.63, 3.8) is 0 Å². The average Bonchev–Trinajstić information content (AvgIpc) is 3.32. The van der Waals surface area contributed by atoms with Gasteiger partial charge in [0.25, 0.3) is 0 Å². The minimum absolute atomic E-state index is 0.0197. The van der Waals surface area contributed by atoms with E-state index < -0.39 is 0 Å². The molecule has 3 aromatic rings. The van der Waals surface area contributed by atoms with Crippen molar-refractivity contribution in [1.29, 1.82) is 0 Å². The minimum atomic E-state index is 0.0197. The maximum atomic E-state index is 11.7. The van der Waals surface area contributed by atoms with Crippen LogP contribution in [0.15, 0.2) is 52.8 Å². The number of hydrogen-bond donors (Lipinski definition) is 1. The van der Waals surface area contributed by atoms with Crippen molar-refractivity contribution in [2.75, 3.05) is 31.1 Å². The SMILES string of the molecule is CC(=O)N1CCC2(CCN(c3cnc(Sc4cccc(C#Cc5ccn(C)n5)c4Cl)cn3)CC2)C(N)C1. The lowest BCUT2D eigenvalue weighted by Crippen LogP contribution is -2.59. The third kappa shape index (κ3) is 5.61. The van der Waals surface area contributed by atoms with E-state index in [1.165, 1.54) is 11.8 Å². The van der Waals surface area contributed by atoms with Crippen LogP contribution >= 0.6 is 23.4 Å². The molecule has 2 N–H and O–H groups in total. The summed E-state index contributed by atoms with van der Waals surface area (Å²) >= 11 is 8.12. The predicted octanol–water partition coefficient (Wildman–Crippen LogP) is 3.58. The number of carbonyl (C=O) groups is 1. The number of nitrogens with two attached hydrogens (primary N) is 1. The number of anilines is 1. The summed E-state index contributed by atoms with van der Waals surface area (Å²) in [5.74, 6) is 7.15. The molecule has 8 nitrogen and oxygen atoms in total. The molecule has 2 aliphatic heterocycles. The second-order valence-corrected chi connectivity index (χ2v) is 11.2. The van der Waals surface area contributed by atoms with Crippen LogP contribution in [0, 0.1) is 17.3 Å². The molecule has 0 bridgehead atoms. The first-order valence-electron chi connectivity index (χ1n) is 12.4. The van der Waals surface area contributed by atoms with Crippen molar-refractivity contribution in [3.8, 4) is 11.8 Å². The number of piperidine rings is 2. The molecular weight excluding hydrogens is 506 g/mol. The topological polar surface area (TPSA) is 93.2 Å². The summed E-state index contributed by atoms with van der Waals surface area (Å²) in [6, 6.07) is 7.68. The molecule has 1 spiro atoms. The number of aryl methyl sites for hydroxylation is 1. The van der Waals surface area contributed by atoms with Crippen LogP contribution in [0.3, 0.4) is 0 Å². The van der Waals surface area contributed by atoms with Gasteiger partial charge in [-0.25, -0.2) is 9.97 Å². The lowest BCUT2D eigenvalue weighted by molar-refractivity contribution is -0.132. The van der Waals surface area contributed by atoms with Crippen LogP contribution in [-0.2, 0) is 11.8 Å². The number of benzene rings is 1. The van der Waals surface area contributed by atoms with Gasteiger partial charge >= 0.3 is 0 Å². The Labute approximate surface area is 226 Å². The second-order valence-electron chi connectivity index (χ2n) is 9.73. The highest BCUT2D eigenvalue weighted by atomic mass is 35.5. The van der Waals surface area contributed by atoms with Gasteiger partial charge in [0.15, 0.2) is 0 Å². The normalized spacial score (nSPS) is 19.0. The Bertz CT molecular complexity index is 1340. The Kier molecular flexibility index (Phi) is 7.43. The molecule has 37 heavy (non-hydrogen) atoms. The Morgan fingerprint density at radius 1 is 1.14 bits per heavy atom. The van der Waals surface area contributed by atoms with Crippen molar-refractivity contribution in [2.24, 2.45) is 18.2 Å². The first-order valence-corrected chi connectivity index (χ1v) is 13.6. The highest BCUT2D eigenvalue weighted by Gasteiger charge is 2.43. The monoisotopic (exact) mass is 535 g/mol. The molecule has 2 aromatic heterocycles. The van der Waals surface area contributed by atoms with Crippen LogP contribution < -0.4 is 10.6 Å². The van der Waals surface area contributed by atoms with E-state index in [-0.39, 0.29) is 17.4 Å². The fraction of sp³-hybridized carbons (Fsp3) is 0.407. The Hall–Kier alpha value is -3.06. The predicted molar refractivity (Wildman–Crippen MR) is 146 cm³/mol. The fourth-order valence-corrected chi connectivity index (χ4v) is 6.16. The Morgan fingerprint density at radius 2 is 1.92 bits per heavy atom. The molecular formula is C27H30ClN7OS. The summed E-state index contributed by atoms with van der Waals surface area (Å²) in [5.41, 5.74) is 8.11. The molecule has 2 aliphatic rings. The molecule has 1 amide bonds. The van der Waals surface area contributed by atoms with Crippen LogP contribution in [0.4, 0.5) is 5.82 Å². The zero-order valence-electron chi connectivity index (χ0n) is 21.0. The molecule has 0 saturated carbocycles. The van der Waals surface area contributed by atoms with Crippen molar-refractivity contribution >= 4 is 35.1 Å². The van der Waals surface area contributed by atoms with Crippen molar-refractivity contribution < 1.29 is 4.79 Å². The lowest BCUT2D eigenvalue weighted by Gasteiger charge is -2.50. The van der Waals surface area contributed by atoms with Crippen LogP contribution in [0.5, 0.6) is 0 Å². The number of rotatable bonds is 3. The largest absolute Gasteiger partial charge is 0.355 e. The summed E-state index contributed by atoms with van der Waals surface area (Å²) in [5, 5.41) is 5.65. The van der Waals surface area contributed by atoms with Crippen LogP contribution in [0.1, 0.15) is 37.4 Å². The zero-order valence-corrected chi connectivity index (χ0v) is 22.6. The maximum Gasteiger partial charge on any atom is 0.219 e. The van der Waals surface area contributed by atoms with Gasteiger partial charge in [-0.2, -0.15) is 5.10 Å². The molecule has 5 rings (SSSR count). The average molecular weight is 536 g/mol. The van der Waals surface area contributed by atoms with Gasteiger partial charge in [0.2, 0.25) is 5.91 Å². The third-order valence-electron chi connectivity index (χ3n) is 7.44. The van der Waals surface area contributed by atoms with Crippen LogP contribution in [0.25, 0.3) is 0 Å². The van der Waals surface area contributed by atoms with Gasteiger partial charge in [0.05, 0.1) is 17.4 Å². The molecule has 10 heteroatoms. The van der Waals surface area contributed by atoms with Gasteiger partial charge in [0.1, 0.15) is 16.5 Å². The van der Waals surface area contributed by atoms with E-state index in [9.17, 15) is 4.79 Å². The first-order chi connectivity index (χ1) is 17.8. The van der Waals surface area contributed by atoms with Crippen molar-refractivity contribution in [2.45, 2.75) is 42.1 Å². The quantitative estimate of drug-likeness (QED) is 0.512. The molecule has 2 saturated heterocycles. The number of halogens is 1. The van der Waals surface area contributed by atoms with Crippen molar-refractivity contribution in [1.82, 2.24) is 24.6 Å². The molecule has 0 aliphatic carbocycles. The van der Waals surface area contributed by atoms with Gasteiger partial charge in [-0.05, 0) is 48.8 Å². The summed E-state index contributed by atoms with van der Waals surface area (Å²) in [6.07, 6.45) is 8.45. The Balaban J connectivity index is 1.21. The highest BCUT2D eigenvalue weighted by molar-refractivity contribution is 7.99. The number of likely N-dealkylation sites (tertiary alicyclic amines) is 1.